The second-order valence-corrected chi connectivity index (χ2v) is 5.27. The lowest BCUT2D eigenvalue weighted by molar-refractivity contribution is -0.141. The number of hydrogen-bond acceptors (Lipinski definition) is 5. The molecule has 7 nitrogen and oxygen atoms in total. The largest absolute Gasteiger partial charge is 0.502 e. The van der Waals surface area contributed by atoms with Crippen molar-refractivity contribution < 1.29 is 15.0 Å². The van der Waals surface area contributed by atoms with Crippen molar-refractivity contribution in [2.45, 2.75) is 32.7 Å². The average molecular weight is 291 g/mol. The van der Waals surface area contributed by atoms with E-state index in [2.05, 4.69) is 10.3 Å². The number of fused-ring (bicyclic) bond motifs is 1. The Kier molecular flexibility index (Phi) is 3.59. The monoisotopic (exact) mass is 291 g/mol. The minimum atomic E-state index is -1.18. The normalized spacial score (nSPS) is 11.6. The number of hydrogen-bond donors (Lipinski definition) is 3. The summed E-state index contributed by atoms with van der Waals surface area (Å²) in [6.07, 6.45) is 1.87. The molecule has 0 aromatic carbocycles. The maximum absolute atomic E-state index is 12.1. The highest BCUT2D eigenvalue weighted by Crippen LogP contribution is 2.17. The highest BCUT2D eigenvalue weighted by atomic mass is 16.4. The first-order valence-corrected chi connectivity index (χ1v) is 6.52. The summed E-state index contributed by atoms with van der Waals surface area (Å²) in [5.41, 5.74) is -0.577. The number of aromatic nitrogens is 2. The van der Waals surface area contributed by atoms with Gasteiger partial charge in [0, 0.05) is 6.20 Å². The number of aliphatic carboxylic acids is 1. The van der Waals surface area contributed by atoms with Crippen molar-refractivity contribution >= 4 is 17.3 Å². The van der Waals surface area contributed by atoms with Gasteiger partial charge in [-0.3, -0.25) is 9.20 Å². The minimum Gasteiger partial charge on any atom is -0.502 e. The number of carboxylic acid groups (broad SMARTS) is 1. The lowest BCUT2D eigenvalue weighted by atomic mass is 10.1. The molecule has 0 bridgehead atoms. The molecule has 0 saturated carbocycles. The van der Waals surface area contributed by atoms with E-state index in [1.165, 1.54) is 24.4 Å². The van der Waals surface area contributed by atoms with E-state index in [1.54, 1.807) is 19.1 Å². The molecule has 2 heterocycles. The number of carbonyl (C=O) groups is 1. The van der Waals surface area contributed by atoms with E-state index < -0.39 is 17.1 Å². The number of nitrogens with one attached hydrogen (secondary N) is 1. The summed E-state index contributed by atoms with van der Waals surface area (Å²) in [6, 6.07) is 3.24. The number of pyridine rings is 1. The second kappa shape index (κ2) is 5.08. The van der Waals surface area contributed by atoms with Crippen molar-refractivity contribution in [3.8, 4) is 5.75 Å². The third-order valence-corrected chi connectivity index (χ3v) is 3.20. The third kappa shape index (κ3) is 2.67. The van der Waals surface area contributed by atoms with Gasteiger partial charge in [0.2, 0.25) is 5.75 Å². The van der Waals surface area contributed by atoms with Crippen molar-refractivity contribution in [2.24, 2.45) is 0 Å². The molecule has 0 saturated heterocycles. The molecule has 0 aliphatic heterocycles. The summed E-state index contributed by atoms with van der Waals surface area (Å²) >= 11 is 0. The molecule has 2 rings (SSSR count). The fourth-order valence-electron chi connectivity index (χ4n) is 1.91. The van der Waals surface area contributed by atoms with Gasteiger partial charge in [0.1, 0.15) is 11.2 Å². The Bertz CT molecular complexity index is 765. The summed E-state index contributed by atoms with van der Waals surface area (Å²) in [5.74, 6) is -1.40. The Labute approximate surface area is 120 Å². The smallest absolute Gasteiger partial charge is 0.328 e. The molecule has 3 N–H and O–H groups in total. The first kappa shape index (κ1) is 14.8. The molecule has 7 heteroatoms. The Morgan fingerprint density at radius 3 is 2.67 bits per heavy atom. The first-order chi connectivity index (χ1) is 9.76. The van der Waals surface area contributed by atoms with Crippen molar-refractivity contribution in [2.75, 3.05) is 5.32 Å². The molecule has 0 spiro atoms. The molecule has 2 aromatic rings. The fraction of sp³-hybridized carbons (Fsp3) is 0.357. The van der Waals surface area contributed by atoms with Crippen LogP contribution in [0.3, 0.4) is 0 Å². The van der Waals surface area contributed by atoms with E-state index in [0.29, 0.717) is 23.4 Å². The molecule has 21 heavy (non-hydrogen) atoms. The molecule has 0 radical (unpaired) electrons. The highest BCUT2D eigenvalue weighted by molar-refractivity contribution is 5.81. The van der Waals surface area contributed by atoms with Gasteiger partial charge in [0.15, 0.2) is 0 Å². The van der Waals surface area contributed by atoms with Gasteiger partial charge >= 0.3 is 5.97 Å². The fourth-order valence-corrected chi connectivity index (χ4v) is 1.91. The van der Waals surface area contributed by atoms with Crippen LogP contribution in [0.4, 0.5) is 5.69 Å². The first-order valence-electron chi connectivity index (χ1n) is 6.52. The lowest BCUT2D eigenvalue weighted by Crippen LogP contribution is -2.40. The van der Waals surface area contributed by atoms with Crippen LogP contribution in [0.2, 0.25) is 0 Å². The third-order valence-electron chi connectivity index (χ3n) is 3.20. The molecule has 0 atom stereocenters. The van der Waals surface area contributed by atoms with Gasteiger partial charge in [-0.25, -0.2) is 9.78 Å². The molecule has 0 aliphatic carbocycles. The van der Waals surface area contributed by atoms with Gasteiger partial charge in [0.05, 0.1) is 11.4 Å². The Morgan fingerprint density at radius 1 is 1.43 bits per heavy atom. The van der Waals surface area contributed by atoms with Crippen molar-refractivity contribution in [1.29, 1.82) is 0 Å². The maximum atomic E-state index is 12.1. The van der Waals surface area contributed by atoms with Gasteiger partial charge in [-0.1, -0.05) is 6.92 Å². The van der Waals surface area contributed by atoms with Gasteiger partial charge < -0.3 is 15.5 Å². The predicted molar refractivity (Wildman–Crippen MR) is 77.8 cm³/mol. The number of aryl methyl sites for hydroxylation is 1. The van der Waals surface area contributed by atoms with E-state index in [1.807, 2.05) is 0 Å². The predicted octanol–water partition coefficient (Wildman–Crippen LogP) is 1.24. The van der Waals surface area contributed by atoms with Gasteiger partial charge in [-0.15, -0.1) is 0 Å². The van der Waals surface area contributed by atoms with Gasteiger partial charge in [0.25, 0.3) is 5.56 Å². The van der Waals surface area contributed by atoms with Crippen molar-refractivity contribution in [3.05, 3.63) is 34.4 Å². The SMILES string of the molecule is CCc1nc2ccc(NC(C)(C)C(=O)O)cn2c(=O)c1O. The Morgan fingerprint density at radius 2 is 2.10 bits per heavy atom. The van der Waals surface area contributed by atoms with E-state index >= 15 is 0 Å². The number of nitrogens with zero attached hydrogens (tertiary/aromatic N) is 2. The van der Waals surface area contributed by atoms with E-state index in [0.717, 1.165) is 0 Å². The standard InChI is InChI=1S/C14H17N3O4/c1-4-9-11(18)12(19)17-7-8(5-6-10(17)15-9)16-14(2,3)13(20)21/h5-7,16,18H,4H2,1-3H3,(H,20,21). The lowest BCUT2D eigenvalue weighted by Gasteiger charge is -2.22. The topological polar surface area (TPSA) is 104 Å². The van der Waals surface area contributed by atoms with Crippen LogP contribution in [0.25, 0.3) is 5.65 Å². The van der Waals surface area contributed by atoms with Crippen molar-refractivity contribution in [1.82, 2.24) is 9.38 Å². The average Bonchev–Trinajstić information content (AvgIpc) is 2.42. The van der Waals surface area contributed by atoms with E-state index in [-0.39, 0.29) is 5.75 Å². The minimum absolute atomic E-state index is 0.339. The number of carboxylic acids is 1. The summed E-state index contributed by atoms with van der Waals surface area (Å²) < 4.78 is 1.19. The number of anilines is 1. The molecule has 112 valence electrons. The zero-order chi connectivity index (χ0) is 15.8. The van der Waals surface area contributed by atoms with Crippen LogP contribution in [0.5, 0.6) is 5.75 Å². The zero-order valence-electron chi connectivity index (χ0n) is 12.0. The molecular formula is C14H17N3O4. The zero-order valence-corrected chi connectivity index (χ0v) is 12.0. The van der Waals surface area contributed by atoms with Crippen LogP contribution >= 0.6 is 0 Å². The maximum Gasteiger partial charge on any atom is 0.328 e. The number of aromatic hydroxyl groups is 1. The molecule has 0 aliphatic rings. The molecule has 0 unspecified atom stereocenters. The van der Waals surface area contributed by atoms with Crippen LogP contribution in [0.1, 0.15) is 26.5 Å². The van der Waals surface area contributed by atoms with Crippen LogP contribution in [-0.2, 0) is 11.2 Å². The van der Waals surface area contributed by atoms with Crippen LogP contribution in [0.15, 0.2) is 23.1 Å². The summed E-state index contributed by atoms with van der Waals surface area (Å²) in [4.78, 5) is 27.4. The summed E-state index contributed by atoms with van der Waals surface area (Å²) in [5, 5.41) is 21.7. The molecule has 0 amide bonds. The van der Waals surface area contributed by atoms with Gasteiger partial charge in [-0.05, 0) is 32.4 Å². The molecule has 0 fully saturated rings. The number of rotatable bonds is 4. The van der Waals surface area contributed by atoms with E-state index in [4.69, 9.17) is 5.11 Å². The van der Waals surface area contributed by atoms with E-state index in [9.17, 15) is 14.7 Å². The quantitative estimate of drug-likeness (QED) is 0.783. The van der Waals surface area contributed by atoms with Gasteiger partial charge in [-0.2, -0.15) is 0 Å². The summed E-state index contributed by atoms with van der Waals surface area (Å²) in [6.45, 7) is 4.82. The Balaban J connectivity index is 2.55. The summed E-state index contributed by atoms with van der Waals surface area (Å²) in [7, 11) is 0. The second-order valence-electron chi connectivity index (χ2n) is 5.27. The van der Waals surface area contributed by atoms with Crippen LogP contribution in [-0.4, -0.2) is 31.1 Å². The van der Waals surface area contributed by atoms with Crippen LogP contribution < -0.4 is 10.9 Å². The van der Waals surface area contributed by atoms with Crippen molar-refractivity contribution in [3.63, 3.8) is 0 Å². The highest BCUT2D eigenvalue weighted by Gasteiger charge is 2.26. The van der Waals surface area contributed by atoms with Crippen LogP contribution in [0, 0.1) is 0 Å². The molecular weight excluding hydrogens is 274 g/mol. The molecule has 2 aromatic heterocycles. The Hall–Kier alpha value is -2.57.